The van der Waals surface area contributed by atoms with Crippen LogP contribution >= 0.6 is 0 Å². The van der Waals surface area contributed by atoms with Crippen LogP contribution in [0.2, 0.25) is 0 Å². The quantitative estimate of drug-likeness (QED) is 0.276. The number of benzene rings is 3. The van der Waals surface area contributed by atoms with Crippen molar-refractivity contribution >= 4 is 11.9 Å². The molecule has 1 heterocycles. The van der Waals surface area contributed by atoms with E-state index in [2.05, 4.69) is 0 Å². The molecule has 0 spiro atoms. The summed E-state index contributed by atoms with van der Waals surface area (Å²) in [5, 5.41) is 0. The van der Waals surface area contributed by atoms with Gasteiger partial charge in [-0.25, -0.2) is 0 Å². The molecule has 0 aromatic heterocycles. The summed E-state index contributed by atoms with van der Waals surface area (Å²) in [6.45, 7) is 3.16. The van der Waals surface area contributed by atoms with Gasteiger partial charge in [0.25, 0.3) is 0 Å². The van der Waals surface area contributed by atoms with Gasteiger partial charge in [0.05, 0.1) is 26.9 Å². The molecule has 0 radical (unpaired) electrons. The summed E-state index contributed by atoms with van der Waals surface area (Å²) >= 11 is 0. The van der Waals surface area contributed by atoms with E-state index in [1.165, 1.54) is 13.8 Å². The zero-order valence-electron chi connectivity index (χ0n) is 23.5. The molecule has 1 fully saturated rings. The van der Waals surface area contributed by atoms with Gasteiger partial charge < -0.3 is 33.2 Å². The van der Waals surface area contributed by atoms with Crippen molar-refractivity contribution in [1.29, 1.82) is 0 Å². The molecular formula is C32H36O9. The van der Waals surface area contributed by atoms with Crippen LogP contribution in [-0.4, -0.2) is 56.4 Å². The molecule has 1 aliphatic rings. The third-order valence-corrected chi connectivity index (χ3v) is 6.50. The molecule has 9 nitrogen and oxygen atoms in total. The minimum absolute atomic E-state index is 0.125. The minimum Gasteiger partial charge on any atom is -0.497 e. The second kappa shape index (κ2) is 15.3. The summed E-state index contributed by atoms with van der Waals surface area (Å²) in [5.74, 6) is -0.297. The van der Waals surface area contributed by atoms with Crippen LogP contribution in [-0.2, 0) is 57.8 Å². The van der Waals surface area contributed by atoms with Gasteiger partial charge >= 0.3 is 11.9 Å². The Labute approximate surface area is 240 Å². The molecule has 0 bridgehead atoms. The Balaban J connectivity index is 1.65. The highest BCUT2D eigenvalue weighted by Crippen LogP contribution is 2.31. The molecule has 1 saturated heterocycles. The van der Waals surface area contributed by atoms with Gasteiger partial charge in [0.2, 0.25) is 6.29 Å². The molecule has 0 amide bonds. The molecule has 41 heavy (non-hydrogen) atoms. The predicted octanol–water partition coefficient (Wildman–Crippen LogP) is 4.60. The van der Waals surface area contributed by atoms with Gasteiger partial charge in [-0.15, -0.1) is 0 Å². The maximum absolute atomic E-state index is 12.1. The monoisotopic (exact) mass is 564 g/mol. The van der Waals surface area contributed by atoms with Crippen molar-refractivity contribution in [3.8, 4) is 5.75 Å². The highest BCUT2D eigenvalue weighted by atomic mass is 16.7. The normalized spacial score (nSPS) is 22.1. The maximum Gasteiger partial charge on any atom is 0.305 e. The van der Waals surface area contributed by atoms with E-state index in [1.807, 2.05) is 84.9 Å². The molecule has 1 aliphatic heterocycles. The van der Waals surface area contributed by atoms with Crippen LogP contribution < -0.4 is 4.74 Å². The van der Waals surface area contributed by atoms with Crippen LogP contribution in [0.1, 0.15) is 30.5 Å². The topological polar surface area (TPSA) is 98.8 Å². The van der Waals surface area contributed by atoms with E-state index in [0.29, 0.717) is 0 Å². The Morgan fingerprint density at radius 1 is 0.659 bits per heavy atom. The summed E-state index contributed by atoms with van der Waals surface area (Å²) in [6, 6.07) is 26.8. The molecule has 4 rings (SSSR count). The van der Waals surface area contributed by atoms with Gasteiger partial charge in [-0.2, -0.15) is 0 Å². The lowest BCUT2D eigenvalue weighted by atomic mass is 9.97. The second-order valence-corrected chi connectivity index (χ2v) is 9.60. The van der Waals surface area contributed by atoms with E-state index < -0.39 is 42.6 Å². The highest BCUT2D eigenvalue weighted by Gasteiger charge is 2.50. The number of esters is 2. The maximum atomic E-state index is 12.1. The molecule has 9 heteroatoms. The molecule has 0 unspecified atom stereocenters. The first-order valence-electron chi connectivity index (χ1n) is 13.4. The first-order valence-corrected chi connectivity index (χ1v) is 13.4. The average Bonchev–Trinajstić information content (AvgIpc) is 2.98. The summed E-state index contributed by atoms with van der Waals surface area (Å²) in [4.78, 5) is 23.8. The smallest absolute Gasteiger partial charge is 0.305 e. The fourth-order valence-electron chi connectivity index (χ4n) is 4.49. The van der Waals surface area contributed by atoms with Crippen molar-refractivity contribution < 1.29 is 42.7 Å². The third kappa shape index (κ3) is 9.12. The molecule has 0 saturated carbocycles. The summed E-state index contributed by atoms with van der Waals surface area (Å²) in [6.07, 6.45) is -4.28. The van der Waals surface area contributed by atoms with E-state index in [0.717, 1.165) is 22.4 Å². The van der Waals surface area contributed by atoms with Gasteiger partial charge in [0.15, 0.2) is 0 Å². The Morgan fingerprint density at radius 3 is 1.68 bits per heavy atom. The fourth-order valence-corrected chi connectivity index (χ4v) is 4.49. The first-order chi connectivity index (χ1) is 19.9. The third-order valence-electron chi connectivity index (χ3n) is 6.50. The largest absolute Gasteiger partial charge is 0.497 e. The zero-order valence-corrected chi connectivity index (χ0v) is 23.5. The van der Waals surface area contributed by atoms with Crippen molar-refractivity contribution in [3.05, 3.63) is 102 Å². The van der Waals surface area contributed by atoms with Crippen LogP contribution in [0.3, 0.4) is 0 Å². The molecular weight excluding hydrogens is 528 g/mol. The molecule has 0 N–H and O–H groups in total. The first kappa shape index (κ1) is 30.2. The number of carbonyl (C=O) groups excluding carboxylic acids is 2. The van der Waals surface area contributed by atoms with E-state index in [1.54, 1.807) is 7.11 Å². The van der Waals surface area contributed by atoms with Crippen molar-refractivity contribution in [2.75, 3.05) is 13.7 Å². The number of rotatable bonds is 13. The van der Waals surface area contributed by atoms with Gasteiger partial charge in [-0.05, 0) is 28.8 Å². The van der Waals surface area contributed by atoms with Crippen LogP contribution in [0.15, 0.2) is 84.9 Å². The van der Waals surface area contributed by atoms with E-state index in [-0.39, 0.29) is 26.4 Å². The Morgan fingerprint density at radius 2 is 1.17 bits per heavy atom. The van der Waals surface area contributed by atoms with Crippen LogP contribution in [0.4, 0.5) is 0 Å². The molecule has 3 aromatic carbocycles. The van der Waals surface area contributed by atoms with Crippen molar-refractivity contribution in [1.82, 2.24) is 0 Å². The summed E-state index contributed by atoms with van der Waals surface area (Å²) < 4.78 is 41.6. The van der Waals surface area contributed by atoms with Gasteiger partial charge in [-0.1, -0.05) is 72.8 Å². The molecule has 3 aromatic rings. The average molecular weight is 565 g/mol. The predicted molar refractivity (Wildman–Crippen MR) is 149 cm³/mol. The molecule has 0 aliphatic carbocycles. The summed E-state index contributed by atoms with van der Waals surface area (Å²) in [7, 11) is 1.61. The molecule has 218 valence electrons. The van der Waals surface area contributed by atoms with Crippen molar-refractivity contribution in [2.45, 2.75) is 64.4 Å². The number of ether oxygens (including phenoxy) is 7. The number of methoxy groups -OCH3 is 1. The lowest BCUT2D eigenvalue weighted by Gasteiger charge is -2.45. The highest BCUT2D eigenvalue weighted by molar-refractivity contribution is 5.66. The lowest BCUT2D eigenvalue weighted by molar-refractivity contribution is -0.318. The van der Waals surface area contributed by atoms with Crippen LogP contribution in [0.5, 0.6) is 5.75 Å². The van der Waals surface area contributed by atoms with E-state index in [4.69, 9.17) is 33.2 Å². The van der Waals surface area contributed by atoms with Gasteiger partial charge in [0.1, 0.15) is 36.8 Å². The number of hydrogen-bond donors (Lipinski definition) is 0. The Hall–Kier alpha value is -3.76. The minimum atomic E-state index is -1.13. The van der Waals surface area contributed by atoms with Crippen molar-refractivity contribution in [3.63, 3.8) is 0 Å². The summed E-state index contributed by atoms with van der Waals surface area (Å²) in [5.41, 5.74) is 2.75. The van der Waals surface area contributed by atoms with Gasteiger partial charge in [0, 0.05) is 13.8 Å². The fraction of sp³-hybridized carbons (Fsp3) is 0.375. The lowest BCUT2D eigenvalue weighted by Crippen LogP contribution is -2.62. The second-order valence-electron chi connectivity index (χ2n) is 9.60. The van der Waals surface area contributed by atoms with E-state index in [9.17, 15) is 9.59 Å². The Bertz CT molecular complexity index is 1220. The van der Waals surface area contributed by atoms with Crippen LogP contribution in [0, 0.1) is 0 Å². The molecule has 5 atom stereocenters. The SMILES string of the molecule is COc1ccc(CO[C@@H]2[C@H](OCc3ccccc3)[C@H](OC(C)=O)O[C@H](COC(C)=O)[C@H]2OCc2ccccc2)cc1. The van der Waals surface area contributed by atoms with E-state index >= 15 is 0 Å². The Kier molecular flexibility index (Phi) is 11.3. The van der Waals surface area contributed by atoms with Gasteiger partial charge in [-0.3, -0.25) is 9.59 Å². The number of carbonyl (C=O) groups is 2. The van der Waals surface area contributed by atoms with Crippen molar-refractivity contribution in [2.24, 2.45) is 0 Å². The number of hydrogen-bond acceptors (Lipinski definition) is 9. The van der Waals surface area contributed by atoms with Crippen LogP contribution in [0.25, 0.3) is 0 Å². The zero-order chi connectivity index (χ0) is 29.0. The standard InChI is InChI=1S/C32H36O9/c1-22(33)36-21-28-29(37-18-24-10-6-4-7-11-24)30(38-20-26-14-16-27(35-3)17-15-26)31(32(41-28)40-23(2)34)39-19-25-12-8-5-9-13-25/h4-17,28-32H,18-21H2,1-3H3/t28-,29-,30+,31+,32-/m1/s1.